The highest BCUT2D eigenvalue weighted by molar-refractivity contribution is 5.96. The van der Waals surface area contributed by atoms with Crippen molar-refractivity contribution in [2.75, 3.05) is 11.9 Å². The molecule has 0 saturated heterocycles. The summed E-state index contributed by atoms with van der Waals surface area (Å²) in [4.78, 5) is 22.2. The van der Waals surface area contributed by atoms with Crippen molar-refractivity contribution >= 4 is 23.0 Å². The molecule has 0 spiro atoms. The first-order valence-corrected chi connectivity index (χ1v) is 6.39. The largest absolute Gasteiger partial charge is 0.462 e. The van der Waals surface area contributed by atoms with E-state index in [-0.39, 0.29) is 12.3 Å². The maximum atomic E-state index is 11.9. The minimum absolute atomic E-state index is 0.0198. The fourth-order valence-corrected chi connectivity index (χ4v) is 1.83. The van der Waals surface area contributed by atoms with Gasteiger partial charge in [0.1, 0.15) is 0 Å². The lowest BCUT2D eigenvalue weighted by atomic mass is 10.1. The highest BCUT2D eigenvalue weighted by Crippen LogP contribution is 2.24. The Balaban J connectivity index is 2.29. The van der Waals surface area contributed by atoms with Gasteiger partial charge in [0.15, 0.2) is 0 Å². The van der Waals surface area contributed by atoms with Crippen molar-refractivity contribution in [1.82, 2.24) is 0 Å². The Morgan fingerprint density at radius 1 is 1.24 bits per heavy atom. The average Bonchev–Trinajstić information content (AvgIpc) is 2.48. The Bertz CT molecular complexity index is 670. The van der Waals surface area contributed by atoms with Crippen LogP contribution in [0.5, 0.6) is 0 Å². The fraction of sp³-hybridized carbons (Fsp3) is 0.133. The van der Waals surface area contributed by atoms with Crippen molar-refractivity contribution in [2.45, 2.75) is 6.92 Å². The fourth-order valence-electron chi connectivity index (χ4n) is 1.83. The maximum Gasteiger partial charge on any atom is 0.340 e. The van der Waals surface area contributed by atoms with Crippen LogP contribution < -0.4 is 5.32 Å². The predicted molar refractivity (Wildman–Crippen MR) is 78.8 cm³/mol. The van der Waals surface area contributed by atoms with Gasteiger partial charge in [-0.15, -0.1) is 0 Å². The van der Waals surface area contributed by atoms with Gasteiger partial charge >= 0.3 is 5.97 Å². The number of esters is 1. The SMILES string of the molecule is CCOC(=O)c1ccccc1Nc1cccc([N+](=O)[O-])c1. The third kappa shape index (κ3) is 3.56. The number of nitrogens with zero attached hydrogens (tertiary/aromatic N) is 1. The van der Waals surface area contributed by atoms with E-state index in [1.165, 1.54) is 12.1 Å². The molecule has 0 fully saturated rings. The summed E-state index contributed by atoms with van der Waals surface area (Å²) in [6.07, 6.45) is 0. The molecule has 1 N–H and O–H groups in total. The summed E-state index contributed by atoms with van der Waals surface area (Å²) in [6.45, 7) is 2.01. The Kier molecular flexibility index (Phi) is 4.50. The van der Waals surface area contributed by atoms with Gasteiger partial charge in [-0.2, -0.15) is 0 Å². The van der Waals surface area contributed by atoms with Gasteiger partial charge in [-0.1, -0.05) is 18.2 Å². The van der Waals surface area contributed by atoms with Crippen LogP contribution in [0, 0.1) is 10.1 Å². The number of hydrogen-bond acceptors (Lipinski definition) is 5. The second-order valence-electron chi connectivity index (χ2n) is 4.20. The van der Waals surface area contributed by atoms with E-state index < -0.39 is 10.9 Å². The third-order valence-corrected chi connectivity index (χ3v) is 2.76. The first-order chi connectivity index (χ1) is 10.1. The minimum Gasteiger partial charge on any atom is -0.462 e. The van der Waals surface area contributed by atoms with Crippen LogP contribution in [0.1, 0.15) is 17.3 Å². The van der Waals surface area contributed by atoms with E-state index in [1.54, 1.807) is 43.3 Å². The van der Waals surface area contributed by atoms with Crippen LogP contribution >= 0.6 is 0 Å². The van der Waals surface area contributed by atoms with Crippen LogP contribution in [0.25, 0.3) is 0 Å². The van der Waals surface area contributed by atoms with Gasteiger partial charge < -0.3 is 10.1 Å². The molecule has 0 aromatic heterocycles. The van der Waals surface area contributed by atoms with Crippen molar-refractivity contribution in [1.29, 1.82) is 0 Å². The zero-order valence-electron chi connectivity index (χ0n) is 11.4. The lowest BCUT2D eigenvalue weighted by molar-refractivity contribution is -0.384. The average molecular weight is 286 g/mol. The smallest absolute Gasteiger partial charge is 0.340 e. The monoisotopic (exact) mass is 286 g/mol. The van der Waals surface area contributed by atoms with Crippen LogP contribution in [0.2, 0.25) is 0 Å². The molecule has 108 valence electrons. The number of nitro groups is 1. The molecule has 0 aliphatic carbocycles. The molecule has 6 heteroatoms. The summed E-state index contributed by atoms with van der Waals surface area (Å²) < 4.78 is 4.98. The first-order valence-electron chi connectivity index (χ1n) is 6.39. The number of nitro benzene ring substituents is 1. The molecule has 21 heavy (non-hydrogen) atoms. The lowest BCUT2D eigenvalue weighted by Crippen LogP contribution is -2.07. The topological polar surface area (TPSA) is 81.5 Å². The number of non-ortho nitro benzene ring substituents is 1. The first kappa shape index (κ1) is 14.5. The van der Waals surface area contributed by atoms with E-state index in [1.807, 2.05) is 0 Å². The number of benzene rings is 2. The number of carbonyl (C=O) groups is 1. The van der Waals surface area contributed by atoms with E-state index in [2.05, 4.69) is 5.32 Å². The summed E-state index contributed by atoms with van der Waals surface area (Å²) in [5, 5.41) is 13.8. The van der Waals surface area contributed by atoms with Gasteiger partial charge in [-0.05, 0) is 25.1 Å². The van der Waals surface area contributed by atoms with E-state index in [4.69, 9.17) is 4.74 Å². The zero-order valence-corrected chi connectivity index (χ0v) is 11.4. The number of carbonyl (C=O) groups excluding carboxylic acids is 1. The Labute approximate surface area is 121 Å². The zero-order chi connectivity index (χ0) is 15.2. The molecular formula is C15H14N2O4. The van der Waals surface area contributed by atoms with E-state index in [0.29, 0.717) is 16.9 Å². The van der Waals surface area contributed by atoms with Gasteiger partial charge in [0.05, 0.1) is 22.8 Å². The summed E-state index contributed by atoms with van der Waals surface area (Å²) in [6, 6.07) is 12.9. The van der Waals surface area contributed by atoms with Crippen LogP contribution in [0.3, 0.4) is 0 Å². The van der Waals surface area contributed by atoms with Gasteiger partial charge in [-0.25, -0.2) is 4.79 Å². The molecule has 0 aliphatic rings. The number of nitrogens with one attached hydrogen (secondary N) is 1. The van der Waals surface area contributed by atoms with E-state index >= 15 is 0 Å². The third-order valence-electron chi connectivity index (χ3n) is 2.76. The van der Waals surface area contributed by atoms with Gasteiger partial charge in [-0.3, -0.25) is 10.1 Å². The summed E-state index contributed by atoms with van der Waals surface area (Å²) in [7, 11) is 0. The molecule has 0 unspecified atom stereocenters. The number of para-hydroxylation sites is 1. The molecule has 0 saturated carbocycles. The van der Waals surface area contributed by atoms with Crippen molar-refractivity contribution in [3.8, 4) is 0 Å². The van der Waals surface area contributed by atoms with E-state index in [9.17, 15) is 14.9 Å². The molecule has 2 rings (SSSR count). The van der Waals surface area contributed by atoms with Crippen molar-refractivity contribution in [2.24, 2.45) is 0 Å². The van der Waals surface area contributed by atoms with Crippen LogP contribution in [0.4, 0.5) is 17.1 Å². The van der Waals surface area contributed by atoms with Crippen molar-refractivity contribution in [3.63, 3.8) is 0 Å². The van der Waals surface area contributed by atoms with Gasteiger partial charge in [0.25, 0.3) is 5.69 Å². The Hall–Kier alpha value is -2.89. The number of ether oxygens (including phenoxy) is 1. The molecule has 0 bridgehead atoms. The lowest BCUT2D eigenvalue weighted by Gasteiger charge is -2.11. The molecule has 2 aromatic rings. The Morgan fingerprint density at radius 2 is 2.00 bits per heavy atom. The van der Waals surface area contributed by atoms with E-state index in [0.717, 1.165) is 0 Å². The molecule has 0 heterocycles. The summed E-state index contributed by atoms with van der Waals surface area (Å²) in [5.74, 6) is -0.439. The standard InChI is InChI=1S/C15H14N2O4/c1-2-21-15(18)13-8-3-4-9-14(13)16-11-6-5-7-12(10-11)17(19)20/h3-10,16H,2H2,1H3. The second kappa shape index (κ2) is 6.51. The van der Waals surface area contributed by atoms with Crippen LogP contribution in [0.15, 0.2) is 48.5 Å². The molecule has 6 nitrogen and oxygen atoms in total. The minimum atomic E-state index is -0.470. The van der Waals surface area contributed by atoms with Gasteiger partial charge in [0.2, 0.25) is 0 Å². The van der Waals surface area contributed by atoms with Gasteiger partial charge in [0, 0.05) is 17.8 Å². The molecule has 0 radical (unpaired) electrons. The predicted octanol–water partition coefficient (Wildman–Crippen LogP) is 3.52. The molecular weight excluding hydrogens is 272 g/mol. The molecule has 2 aromatic carbocycles. The normalized spacial score (nSPS) is 9.95. The number of anilines is 2. The second-order valence-corrected chi connectivity index (χ2v) is 4.20. The molecule has 0 amide bonds. The molecule has 0 atom stereocenters. The quantitative estimate of drug-likeness (QED) is 0.516. The summed E-state index contributed by atoms with van der Waals surface area (Å²) >= 11 is 0. The van der Waals surface area contributed by atoms with Crippen molar-refractivity contribution < 1.29 is 14.5 Å². The van der Waals surface area contributed by atoms with Crippen molar-refractivity contribution in [3.05, 3.63) is 64.2 Å². The maximum absolute atomic E-state index is 11.9. The highest BCUT2D eigenvalue weighted by atomic mass is 16.6. The number of hydrogen-bond donors (Lipinski definition) is 1. The van der Waals surface area contributed by atoms with Crippen LogP contribution in [-0.2, 0) is 4.74 Å². The summed E-state index contributed by atoms with van der Waals surface area (Å²) in [5.41, 5.74) is 1.43. The van der Waals surface area contributed by atoms with Crippen LogP contribution in [-0.4, -0.2) is 17.5 Å². The Morgan fingerprint density at radius 3 is 2.71 bits per heavy atom. The number of rotatable bonds is 5. The highest BCUT2D eigenvalue weighted by Gasteiger charge is 2.13. The molecule has 0 aliphatic heterocycles.